The number of ether oxygens (including phenoxy) is 1. The fourth-order valence-electron chi connectivity index (χ4n) is 2.77. The van der Waals surface area contributed by atoms with Gasteiger partial charge in [0.1, 0.15) is 18.3 Å². The first kappa shape index (κ1) is 23.4. The molecule has 0 atom stereocenters. The maximum absolute atomic E-state index is 12.3. The number of aromatic amines is 1. The maximum atomic E-state index is 12.3. The van der Waals surface area contributed by atoms with Crippen molar-refractivity contribution in [1.82, 2.24) is 15.3 Å². The Morgan fingerprint density at radius 1 is 1.34 bits per heavy atom. The largest absolute Gasteiger partial charge is 0.472 e. The lowest BCUT2D eigenvalue weighted by Gasteiger charge is -2.21. The molecule has 11 heteroatoms. The van der Waals surface area contributed by atoms with E-state index in [1.165, 1.54) is 12.1 Å². The van der Waals surface area contributed by atoms with Crippen molar-refractivity contribution in [3.63, 3.8) is 0 Å². The fourth-order valence-corrected chi connectivity index (χ4v) is 2.97. The Morgan fingerprint density at radius 2 is 2.12 bits per heavy atom. The van der Waals surface area contributed by atoms with Crippen molar-refractivity contribution in [2.24, 2.45) is 10.9 Å². The predicted molar refractivity (Wildman–Crippen MR) is 118 cm³/mol. The van der Waals surface area contributed by atoms with Crippen LogP contribution in [0.4, 0.5) is 14.6 Å². The molecule has 0 aliphatic carbocycles. The van der Waals surface area contributed by atoms with E-state index in [1.54, 1.807) is 43.1 Å². The van der Waals surface area contributed by atoms with Crippen LogP contribution in [0.25, 0.3) is 11.4 Å². The van der Waals surface area contributed by atoms with Crippen molar-refractivity contribution < 1.29 is 18.3 Å². The highest BCUT2D eigenvalue weighted by Crippen LogP contribution is 2.27. The zero-order valence-corrected chi connectivity index (χ0v) is 18.2. The van der Waals surface area contributed by atoms with Crippen molar-refractivity contribution in [3.8, 4) is 11.4 Å². The number of hydrogen-bond donors (Lipinski definition) is 2. The van der Waals surface area contributed by atoms with Crippen LogP contribution in [0, 0.1) is 5.92 Å². The van der Waals surface area contributed by atoms with Gasteiger partial charge in [0.15, 0.2) is 6.61 Å². The van der Waals surface area contributed by atoms with E-state index in [1.807, 2.05) is 0 Å². The van der Waals surface area contributed by atoms with E-state index in [2.05, 4.69) is 20.3 Å². The minimum atomic E-state index is -2.60. The third kappa shape index (κ3) is 6.13. The molecule has 32 heavy (non-hydrogen) atoms. The molecule has 0 fully saturated rings. The van der Waals surface area contributed by atoms with E-state index in [0.29, 0.717) is 22.9 Å². The molecule has 2 aromatic rings. The van der Waals surface area contributed by atoms with E-state index in [4.69, 9.17) is 16.3 Å². The molecule has 0 saturated heterocycles. The van der Waals surface area contributed by atoms with Crippen LogP contribution in [-0.4, -0.2) is 41.5 Å². The summed E-state index contributed by atoms with van der Waals surface area (Å²) in [4.78, 5) is 36.9. The third-order valence-corrected chi connectivity index (χ3v) is 4.76. The van der Waals surface area contributed by atoms with Crippen LogP contribution in [-0.2, 0) is 16.1 Å². The summed E-state index contributed by atoms with van der Waals surface area (Å²) in [5, 5.41) is 3.20. The molecule has 1 aromatic heterocycles. The number of nitrogens with one attached hydrogen (secondary N) is 2. The molecule has 2 heterocycles. The standard InChI is InChI=1S/C21H22ClF2N5O3/c1-12(2)21(31)25-9-13-3-4-15(22)14(7-13)20-27-17(8-18(30)28-20)29-6-5-19(26-11-29)32-10-16(23)24/h3-8,12,16H,9-11H2,1-2H3,(H,25,31)(H,27,28,30). The summed E-state index contributed by atoms with van der Waals surface area (Å²) in [7, 11) is 0. The van der Waals surface area contributed by atoms with Gasteiger partial charge in [0.25, 0.3) is 12.0 Å². The quantitative estimate of drug-likeness (QED) is 0.653. The number of halogens is 3. The van der Waals surface area contributed by atoms with Crippen molar-refractivity contribution in [2.75, 3.05) is 18.2 Å². The highest BCUT2D eigenvalue weighted by Gasteiger charge is 2.16. The molecular formula is C21H22ClF2N5O3. The number of benzene rings is 1. The van der Waals surface area contributed by atoms with Crippen LogP contribution in [0.2, 0.25) is 5.02 Å². The number of aromatic nitrogens is 2. The molecule has 0 unspecified atom stereocenters. The molecule has 1 aliphatic rings. The van der Waals surface area contributed by atoms with E-state index in [0.717, 1.165) is 5.56 Å². The van der Waals surface area contributed by atoms with Crippen LogP contribution >= 0.6 is 11.6 Å². The Kier molecular flexibility index (Phi) is 7.57. The highest BCUT2D eigenvalue weighted by atomic mass is 35.5. The topological polar surface area (TPSA) is 99.7 Å². The van der Waals surface area contributed by atoms with Gasteiger partial charge < -0.3 is 19.9 Å². The summed E-state index contributed by atoms with van der Waals surface area (Å²) in [6.07, 6.45) is 0.360. The number of anilines is 1. The number of alkyl halides is 2. The lowest BCUT2D eigenvalue weighted by atomic mass is 10.1. The summed E-state index contributed by atoms with van der Waals surface area (Å²) < 4.78 is 29.4. The summed E-state index contributed by atoms with van der Waals surface area (Å²) in [6.45, 7) is 3.20. The summed E-state index contributed by atoms with van der Waals surface area (Å²) in [6, 6.07) is 6.47. The molecule has 0 bridgehead atoms. The molecule has 3 rings (SSSR count). The second-order valence-electron chi connectivity index (χ2n) is 7.26. The molecule has 0 spiro atoms. The van der Waals surface area contributed by atoms with Crippen LogP contribution in [0.5, 0.6) is 0 Å². The number of aliphatic imine (C=N–C) groups is 1. The van der Waals surface area contributed by atoms with E-state index >= 15 is 0 Å². The van der Waals surface area contributed by atoms with Gasteiger partial charge in [0.05, 0.1) is 5.02 Å². The predicted octanol–water partition coefficient (Wildman–Crippen LogP) is 3.33. The first-order valence-corrected chi connectivity index (χ1v) is 10.2. The SMILES string of the molecule is CC(C)C(=O)NCc1ccc(Cl)c(-c2nc(N3C=CC(OCC(F)F)=NC3)cc(=O)[nH]2)c1. The molecule has 0 radical (unpaired) electrons. The van der Waals surface area contributed by atoms with E-state index in [-0.39, 0.29) is 30.2 Å². The minimum Gasteiger partial charge on any atom is -0.472 e. The molecular weight excluding hydrogens is 444 g/mol. The first-order chi connectivity index (χ1) is 15.2. The van der Waals surface area contributed by atoms with Crippen molar-refractivity contribution in [1.29, 1.82) is 0 Å². The number of hydrogen-bond acceptors (Lipinski definition) is 6. The van der Waals surface area contributed by atoms with Gasteiger partial charge in [-0.2, -0.15) is 0 Å². The van der Waals surface area contributed by atoms with E-state index < -0.39 is 18.6 Å². The molecule has 170 valence electrons. The highest BCUT2D eigenvalue weighted by molar-refractivity contribution is 6.33. The van der Waals surface area contributed by atoms with Crippen LogP contribution in [0.1, 0.15) is 19.4 Å². The zero-order chi connectivity index (χ0) is 23.3. The average Bonchev–Trinajstić information content (AvgIpc) is 2.76. The van der Waals surface area contributed by atoms with Gasteiger partial charge in [0, 0.05) is 36.4 Å². The zero-order valence-electron chi connectivity index (χ0n) is 17.4. The van der Waals surface area contributed by atoms with Gasteiger partial charge in [-0.15, -0.1) is 0 Å². The maximum Gasteiger partial charge on any atom is 0.272 e. The van der Waals surface area contributed by atoms with Gasteiger partial charge >= 0.3 is 0 Å². The average molecular weight is 466 g/mol. The number of carbonyl (C=O) groups excluding carboxylic acids is 1. The number of amides is 1. The number of nitrogens with zero attached hydrogens (tertiary/aromatic N) is 3. The van der Waals surface area contributed by atoms with Crippen LogP contribution in [0.15, 0.2) is 46.3 Å². The van der Waals surface area contributed by atoms with Crippen LogP contribution in [0.3, 0.4) is 0 Å². The van der Waals surface area contributed by atoms with Gasteiger partial charge in [-0.1, -0.05) is 31.5 Å². The van der Waals surface area contributed by atoms with Crippen molar-refractivity contribution in [3.05, 3.63) is 57.5 Å². The van der Waals surface area contributed by atoms with Crippen molar-refractivity contribution >= 4 is 29.2 Å². The normalized spacial score (nSPS) is 13.5. The second kappa shape index (κ2) is 10.4. The summed E-state index contributed by atoms with van der Waals surface area (Å²) in [5.74, 6) is 0.395. The van der Waals surface area contributed by atoms with Gasteiger partial charge in [-0.25, -0.2) is 18.8 Å². The van der Waals surface area contributed by atoms with Crippen LogP contribution < -0.4 is 15.8 Å². The monoisotopic (exact) mass is 465 g/mol. The number of H-pyrrole nitrogens is 1. The first-order valence-electron chi connectivity index (χ1n) is 9.81. The molecule has 8 nitrogen and oxygen atoms in total. The molecule has 2 N–H and O–H groups in total. The molecule has 1 amide bonds. The second-order valence-corrected chi connectivity index (χ2v) is 7.67. The Hall–Kier alpha value is -3.27. The fraction of sp³-hybridized carbons (Fsp3) is 0.333. The van der Waals surface area contributed by atoms with Gasteiger partial charge in [0.2, 0.25) is 11.8 Å². The third-order valence-electron chi connectivity index (χ3n) is 4.43. The molecule has 1 aliphatic heterocycles. The Balaban J connectivity index is 1.80. The minimum absolute atomic E-state index is 0.0416. The van der Waals surface area contributed by atoms with Crippen molar-refractivity contribution in [2.45, 2.75) is 26.8 Å². The Bertz CT molecular complexity index is 1100. The number of carbonyl (C=O) groups is 1. The molecule has 1 aromatic carbocycles. The van der Waals surface area contributed by atoms with E-state index in [9.17, 15) is 18.4 Å². The lowest BCUT2D eigenvalue weighted by molar-refractivity contribution is -0.124. The number of rotatable bonds is 7. The Morgan fingerprint density at radius 3 is 2.78 bits per heavy atom. The lowest BCUT2D eigenvalue weighted by Crippen LogP contribution is -2.27. The molecule has 0 saturated carbocycles. The Labute approximate surface area is 188 Å². The van der Waals surface area contributed by atoms with Gasteiger partial charge in [-0.3, -0.25) is 9.59 Å². The summed E-state index contributed by atoms with van der Waals surface area (Å²) >= 11 is 6.34. The summed E-state index contributed by atoms with van der Waals surface area (Å²) in [5.41, 5.74) is 0.874. The van der Waals surface area contributed by atoms with Gasteiger partial charge in [-0.05, 0) is 17.7 Å². The smallest absolute Gasteiger partial charge is 0.272 e.